The Kier molecular flexibility index (Phi) is 5.84. The summed E-state index contributed by atoms with van der Waals surface area (Å²) in [6, 6.07) is 0. The number of unbranched alkanes of at least 4 members (excludes halogenated alkanes) is 2. The topological polar surface area (TPSA) is 17.1 Å². The fourth-order valence-corrected chi connectivity index (χ4v) is 3.78. The molecule has 0 N–H and O–H groups in total. The minimum absolute atomic E-state index is 0.134. The molecule has 0 heterocycles. The first-order valence-electron chi connectivity index (χ1n) is 8.79. The van der Waals surface area contributed by atoms with Gasteiger partial charge in [-0.15, -0.1) is 0 Å². The molecule has 0 aromatic heterocycles. The van der Waals surface area contributed by atoms with Crippen molar-refractivity contribution in [2.24, 2.45) is 17.3 Å². The van der Waals surface area contributed by atoms with Crippen LogP contribution < -0.4 is 0 Å². The van der Waals surface area contributed by atoms with Crippen molar-refractivity contribution < 1.29 is 4.79 Å². The zero-order valence-corrected chi connectivity index (χ0v) is 13.9. The van der Waals surface area contributed by atoms with Gasteiger partial charge in [0.1, 0.15) is 5.78 Å². The van der Waals surface area contributed by atoms with Crippen LogP contribution in [-0.2, 0) is 4.79 Å². The monoisotopic (exact) mass is 287 g/mol. The fourth-order valence-electron chi connectivity index (χ4n) is 3.78. The summed E-state index contributed by atoms with van der Waals surface area (Å²) in [5.74, 6) is 1.39. The van der Waals surface area contributed by atoms with Gasteiger partial charge in [0.25, 0.3) is 0 Å². The molecule has 1 fully saturated rings. The predicted molar refractivity (Wildman–Crippen MR) is 89.9 cm³/mol. The molecular weight excluding hydrogens is 256 g/mol. The molecule has 0 saturated heterocycles. The average molecular weight is 287 g/mol. The van der Waals surface area contributed by atoms with Gasteiger partial charge in [-0.1, -0.05) is 44.4 Å². The highest BCUT2D eigenvalue weighted by molar-refractivity contribution is 5.78. The molecule has 1 saturated carbocycles. The molecule has 0 aromatic carbocycles. The predicted octanol–water partition coefficient (Wildman–Crippen LogP) is 5.67. The van der Waals surface area contributed by atoms with E-state index in [0.717, 1.165) is 19.3 Å². The maximum atomic E-state index is 11.5. The lowest BCUT2D eigenvalue weighted by molar-refractivity contribution is -0.121. The van der Waals surface area contributed by atoms with Gasteiger partial charge in [-0.05, 0) is 69.3 Å². The number of Topliss-reactive ketones (excluding diaryl/α,β-unsaturated/α-hetero) is 1. The van der Waals surface area contributed by atoms with E-state index >= 15 is 0 Å². The molecule has 2 aliphatic rings. The number of ketones is 1. The zero-order chi connectivity index (χ0) is 15.3. The zero-order valence-electron chi connectivity index (χ0n) is 13.9. The van der Waals surface area contributed by atoms with Crippen LogP contribution in [0, 0.1) is 24.2 Å². The summed E-state index contributed by atoms with van der Waals surface area (Å²) in [6.07, 6.45) is 17.8. The largest absolute Gasteiger partial charge is 0.300 e. The molecule has 117 valence electrons. The van der Waals surface area contributed by atoms with Crippen molar-refractivity contribution in [3.63, 3.8) is 0 Å². The van der Waals surface area contributed by atoms with E-state index in [0.29, 0.717) is 17.6 Å². The molecule has 0 spiro atoms. The van der Waals surface area contributed by atoms with Gasteiger partial charge >= 0.3 is 0 Å². The summed E-state index contributed by atoms with van der Waals surface area (Å²) in [4.78, 5) is 11.5. The Morgan fingerprint density at radius 2 is 2.00 bits per heavy atom. The summed E-state index contributed by atoms with van der Waals surface area (Å²) in [7, 11) is 0. The van der Waals surface area contributed by atoms with Gasteiger partial charge in [-0.25, -0.2) is 0 Å². The molecule has 1 nitrogen and oxygen atoms in total. The Hall–Kier alpha value is -0.850. The van der Waals surface area contributed by atoms with Crippen LogP contribution in [0.2, 0.25) is 0 Å². The first-order valence-corrected chi connectivity index (χ1v) is 8.79. The number of hydrogen-bond donors (Lipinski definition) is 0. The van der Waals surface area contributed by atoms with Gasteiger partial charge in [0, 0.05) is 5.92 Å². The Labute approximate surface area is 130 Å². The SMILES string of the molecule is [CH2]C1(CCCCC)C=CC([C@H]2CC[C@H](C(C)=O)CC2)=CC1. The van der Waals surface area contributed by atoms with Gasteiger partial charge in [0.05, 0.1) is 0 Å². The third-order valence-electron chi connectivity index (χ3n) is 5.43. The Bertz CT molecular complexity index is 410. The highest BCUT2D eigenvalue weighted by Gasteiger charge is 2.28. The first kappa shape index (κ1) is 16.5. The first-order chi connectivity index (χ1) is 10.0. The summed E-state index contributed by atoms with van der Waals surface area (Å²) in [5.41, 5.74) is 1.64. The molecule has 0 amide bonds. The summed E-state index contributed by atoms with van der Waals surface area (Å²) in [6.45, 7) is 8.44. The molecule has 0 aromatic rings. The van der Waals surface area contributed by atoms with Gasteiger partial charge in [-0.3, -0.25) is 4.79 Å². The highest BCUT2D eigenvalue weighted by Crippen LogP contribution is 2.40. The molecule has 1 unspecified atom stereocenters. The highest BCUT2D eigenvalue weighted by atomic mass is 16.1. The van der Waals surface area contributed by atoms with Crippen molar-refractivity contribution in [2.75, 3.05) is 0 Å². The lowest BCUT2D eigenvalue weighted by Crippen LogP contribution is -2.22. The number of carbonyl (C=O) groups excluding carboxylic acids is 1. The van der Waals surface area contributed by atoms with Crippen LogP contribution in [0.5, 0.6) is 0 Å². The minimum atomic E-state index is 0.134. The van der Waals surface area contributed by atoms with Crippen LogP contribution in [0.4, 0.5) is 0 Å². The number of allylic oxidation sites excluding steroid dienone is 4. The van der Waals surface area contributed by atoms with Crippen molar-refractivity contribution >= 4 is 5.78 Å². The third-order valence-corrected chi connectivity index (χ3v) is 5.43. The molecular formula is C20H31O. The molecule has 1 heteroatoms. The average Bonchev–Trinajstić information content (AvgIpc) is 2.48. The molecule has 21 heavy (non-hydrogen) atoms. The maximum absolute atomic E-state index is 11.5. The van der Waals surface area contributed by atoms with Crippen LogP contribution in [0.1, 0.15) is 71.6 Å². The van der Waals surface area contributed by atoms with Crippen LogP contribution >= 0.6 is 0 Å². The van der Waals surface area contributed by atoms with E-state index < -0.39 is 0 Å². The van der Waals surface area contributed by atoms with Crippen molar-refractivity contribution in [1.29, 1.82) is 0 Å². The van der Waals surface area contributed by atoms with Crippen molar-refractivity contribution in [3.05, 3.63) is 30.7 Å². The second-order valence-electron chi connectivity index (χ2n) is 7.22. The second kappa shape index (κ2) is 7.42. The molecule has 0 aliphatic heterocycles. The fraction of sp³-hybridized carbons (Fsp3) is 0.700. The Morgan fingerprint density at radius 3 is 2.52 bits per heavy atom. The lowest BCUT2D eigenvalue weighted by Gasteiger charge is -2.33. The minimum Gasteiger partial charge on any atom is -0.300 e. The quantitative estimate of drug-likeness (QED) is 0.575. The summed E-state index contributed by atoms with van der Waals surface area (Å²) >= 11 is 0. The third kappa shape index (κ3) is 4.56. The van der Waals surface area contributed by atoms with Crippen LogP contribution in [0.15, 0.2) is 23.8 Å². The smallest absolute Gasteiger partial charge is 0.132 e. The van der Waals surface area contributed by atoms with Crippen LogP contribution in [0.3, 0.4) is 0 Å². The van der Waals surface area contributed by atoms with Crippen LogP contribution in [0.25, 0.3) is 0 Å². The van der Waals surface area contributed by atoms with Crippen molar-refractivity contribution in [2.45, 2.75) is 71.6 Å². The van der Waals surface area contributed by atoms with Crippen molar-refractivity contribution in [3.8, 4) is 0 Å². The van der Waals surface area contributed by atoms with Gasteiger partial charge in [-0.2, -0.15) is 0 Å². The Morgan fingerprint density at radius 1 is 1.29 bits per heavy atom. The normalized spacial score (nSPS) is 32.8. The lowest BCUT2D eigenvalue weighted by atomic mass is 9.72. The van der Waals surface area contributed by atoms with E-state index in [-0.39, 0.29) is 5.41 Å². The second-order valence-corrected chi connectivity index (χ2v) is 7.22. The molecule has 2 aliphatic carbocycles. The summed E-state index contributed by atoms with van der Waals surface area (Å²) in [5, 5.41) is 0. The number of rotatable bonds is 6. The van der Waals surface area contributed by atoms with Gasteiger partial charge in [0.2, 0.25) is 0 Å². The van der Waals surface area contributed by atoms with E-state index in [9.17, 15) is 4.79 Å². The number of hydrogen-bond acceptors (Lipinski definition) is 1. The van der Waals surface area contributed by atoms with Gasteiger partial charge in [0.15, 0.2) is 0 Å². The van der Waals surface area contributed by atoms with Gasteiger partial charge < -0.3 is 0 Å². The Balaban J connectivity index is 1.84. The standard InChI is InChI=1S/C20H31O/c1-4-5-6-13-20(3)14-11-19(12-15-20)18-9-7-17(8-10-18)16(2)21/h11-12,14,17-18H,3-10,13,15H2,1-2H3/t17-,18-,20?. The number of carbonyl (C=O) groups is 1. The molecule has 1 atom stereocenters. The van der Waals surface area contributed by atoms with E-state index in [1.165, 1.54) is 44.1 Å². The molecule has 2 rings (SSSR count). The van der Waals surface area contributed by atoms with E-state index in [2.05, 4.69) is 32.1 Å². The van der Waals surface area contributed by atoms with E-state index in [1.807, 2.05) is 0 Å². The van der Waals surface area contributed by atoms with E-state index in [4.69, 9.17) is 0 Å². The van der Waals surface area contributed by atoms with Crippen molar-refractivity contribution in [1.82, 2.24) is 0 Å². The van der Waals surface area contributed by atoms with Crippen LogP contribution in [-0.4, -0.2) is 5.78 Å². The maximum Gasteiger partial charge on any atom is 0.132 e. The molecule has 0 bridgehead atoms. The van der Waals surface area contributed by atoms with E-state index in [1.54, 1.807) is 6.92 Å². The molecule has 1 radical (unpaired) electrons. The summed E-state index contributed by atoms with van der Waals surface area (Å²) < 4.78 is 0.